The van der Waals surface area contributed by atoms with Crippen LogP contribution in [-0.4, -0.2) is 24.0 Å². The lowest BCUT2D eigenvalue weighted by Crippen LogP contribution is -2.25. The van der Waals surface area contributed by atoms with Crippen molar-refractivity contribution in [3.05, 3.63) is 23.9 Å². The van der Waals surface area contributed by atoms with Crippen molar-refractivity contribution in [1.82, 2.24) is 4.98 Å². The highest BCUT2D eigenvalue weighted by atomic mass is 16.1. The van der Waals surface area contributed by atoms with Crippen LogP contribution in [0.5, 0.6) is 0 Å². The lowest BCUT2D eigenvalue weighted by atomic mass is 9.96. The largest absolute Gasteiger partial charge is 0.369 e. The zero-order chi connectivity index (χ0) is 13.0. The number of nitrogens with zero attached hydrogens (tertiary/aromatic N) is 1. The second kappa shape index (κ2) is 5.82. The molecule has 0 radical (unpaired) electrons. The van der Waals surface area contributed by atoms with Crippen LogP contribution in [0.4, 0.5) is 5.82 Å². The van der Waals surface area contributed by atoms with Gasteiger partial charge in [0, 0.05) is 12.7 Å². The highest BCUT2D eigenvalue weighted by Gasteiger charge is 2.26. The minimum Gasteiger partial charge on any atom is -0.369 e. The molecule has 2 unspecified atom stereocenters. The van der Waals surface area contributed by atoms with Gasteiger partial charge in [0.1, 0.15) is 5.82 Å². The van der Waals surface area contributed by atoms with Gasteiger partial charge in [-0.2, -0.15) is 0 Å². The van der Waals surface area contributed by atoms with Gasteiger partial charge >= 0.3 is 0 Å². The Kier molecular flexibility index (Phi) is 4.15. The van der Waals surface area contributed by atoms with Crippen molar-refractivity contribution in [3.8, 4) is 0 Å². The Morgan fingerprint density at radius 1 is 1.44 bits per heavy atom. The minimum atomic E-state index is -0.451. The van der Waals surface area contributed by atoms with Crippen LogP contribution in [0.1, 0.15) is 29.6 Å². The Labute approximate surface area is 107 Å². The van der Waals surface area contributed by atoms with Crippen molar-refractivity contribution in [1.29, 1.82) is 0 Å². The van der Waals surface area contributed by atoms with E-state index >= 15 is 0 Å². The number of amides is 1. The Morgan fingerprint density at radius 3 is 2.94 bits per heavy atom. The maximum Gasteiger partial charge on any atom is 0.252 e. The number of pyridine rings is 1. The van der Waals surface area contributed by atoms with E-state index in [9.17, 15) is 4.79 Å². The fourth-order valence-corrected chi connectivity index (χ4v) is 2.67. The quantitative estimate of drug-likeness (QED) is 0.723. The molecule has 1 aromatic heterocycles. The third-order valence-corrected chi connectivity index (χ3v) is 3.72. The molecule has 1 amide bonds. The number of rotatable bonds is 5. The summed E-state index contributed by atoms with van der Waals surface area (Å²) in [5.41, 5.74) is 11.5. The smallest absolute Gasteiger partial charge is 0.252 e. The van der Waals surface area contributed by atoms with E-state index in [0.717, 1.165) is 13.1 Å². The summed E-state index contributed by atoms with van der Waals surface area (Å²) in [7, 11) is 0. The van der Waals surface area contributed by atoms with Gasteiger partial charge in [-0.05, 0) is 43.4 Å². The van der Waals surface area contributed by atoms with E-state index in [2.05, 4.69) is 10.3 Å². The number of primary amides is 1. The molecule has 1 aliphatic carbocycles. The first-order valence-electron chi connectivity index (χ1n) is 6.41. The molecule has 0 aliphatic heterocycles. The number of carbonyl (C=O) groups is 1. The predicted molar refractivity (Wildman–Crippen MR) is 71.1 cm³/mol. The van der Waals surface area contributed by atoms with Gasteiger partial charge < -0.3 is 16.8 Å². The zero-order valence-electron chi connectivity index (χ0n) is 10.4. The van der Waals surface area contributed by atoms with Crippen LogP contribution in [-0.2, 0) is 0 Å². The Morgan fingerprint density at radius 2 is 2.22 bits per heavy atom. The number of anilines is 1. The van der Waals surface area contributed by atoms with Gasteiger partial charge in [0.25, 0.3) is 5.91 Å². The first-order valence-corrected chi connectivity index (χ1v) is 6.41. The molecule has 5 heteroatoms. The average molecular weight is 248 g/mol. The third-order valence-electron chi connectivity index (χ3n) is 3.72. The minimum absolute atomic E-state index is 0.444. The second-order valence-corrected chi connectivity index (χ2v) is 4.83. The molecule has 2 rings (SSSR count). The van der Waals surface area contributed by atoms with Gasteiger partial charge in [0.15, 0.2) is 0 Å². The summed E-state index contributed by atoms with van der Waals surface area (Å²) in [5.74, 6) is 1.27. The maximum atomic E-state index is 11.3. The van der Waals surface area contributed by atoms with E-state index in [4.69, 9.17) is 11.5 Å². The van der Waals surface area contributed by atoms with Crippen molar-refractivity contribution in [2.45, 2.75) is 19.3 Å². The number of aromatic nitrogens is 1. The van der Waals surface area contributed by atoms with Crippen LogP contribution < -0.4 is 16.8 Å². The monoisotopic (exact) mass is 248 g/mol. The molecule has 98 valence electrons. The number of hydrogen-bond donors (Lipinski definition) is 3. The SMILES string of the molecule is NCC1CCCC1CNc1ncccc1C(N)=O. The molecule has 0 spiro atoms. The van der Waals surface area contributed by atoms with E-state index < -0.39 is 5.91 Å². The summed E-state index contributed by atoms with van der Waals surface area (Å²) in [4.78, 5) is 15.4. The zero-order valence-corrected chi connectivity index (χ0v) is 10.4. The molecule has 18 heavy (non-hydrogen) atoms. The Balaban J connectivity index is 2.00. The molecule has 0 bridgehead atoms. The first-order chi connectivity index (χ1) is 8.72. The summed E-state index contributed by atoms with van der Waals surface area (Å²) < 4.78 is 0. The van der Waals surface area contributed by atoms with Crippen LogP contribution in [0.3, 0.4) is 0 Å². The fourth-order valence-electron chi connectivity index (χ4n) is 2.67. The first kappa shape index (κ1) is 12.8. The highest BCUT2D eigenvalue weighted by Crippen LogP contribution is 2.31. The Hall–Kier alpha value is -1.62. The molecule has 0 aromatic carbocycles. The predicted octanol–water partition coefficient (Wildman–Crippen LogP) is 0.967. The lowest BCUT2D eigenvalue weighted by Gasteiger charge is -2.19. The molecule has 5 nitrogen and oxygen atoms in total. The van der Waals surface area contributed by atoms with Gasteiger partial charge in [-0.15, -0.1) is 0 Å². The van der Waals surface area contributed by atoms with Crippen LogP contribution in [0.2, 0.25) is 0 Å². The molecule has 5 N–H and O–H groups in total. The molecule has 1 fully saturated rings. The van der Waals surface area contributed by atoms with E-state index in [1.54, 1.807) is 18.3 Å². The number of hydrogen-bond acceptors (Lipinski definition) is 4. The van der Waals surface area contributed by atoms with E-state index in [0.29, 0.717) is 23.2 Å². The standard InChI is InChI=1S/C13H20N4O/c14-7-9-3-1-4-10(9)8-17-13-11(12(15)18)5-2-6-16-13/h2,5-6,9-10H,1,3-4,7-8,14H2,(H2,15,18)(H,16,17). The van der Waals surface area contributed by atoms with Crippen LogP contribution in [0.15, 0.2) is 18.3 Å². The second-order valence-electron chi connectivity index (χ2n) is 4.83. The Bertz CT molecular complexity index is 421. The van der Waals surface area contributed by atoms with Crippen molar-refractivity contribution in [2.24, 2.45) is 23.3 Å². The third kappa shape index (κ3) is 2.79. The van der Waals surface area contributed by atoms with Gasteiger partial charge in [0.2, 0.25) is 0 Å². The van der Waals surface area contributed by atoms with Crippen molar-refractivity contribution in [2.75, 3.05) is 18.4 Å². The van der Waals surface area contributed by atoms with E-state index in [1.807, 2.05) is 0 Å². The van der Waals surface area contributed by atoms with E-state index in [-0.39, 0.29) is 0 Å². The van der Waals surface area contributed by atoms with Crippen molar-refractivity contribution >= 4 is 11.7 Å². The van der Waals surface area contributed by atoms with Crippen molar-refractivity contribution in [3.63, 3.8) is 0 Å². The summed E-state index contributed by atoms with van der Waals surface area (Å²) in [6.45, 7) is 1.54. The number of nitrogens with two attached hydrogens (primary N) is 2. The summed E-state index contributed by atoms with van der Waals surface area (Å²) in [5, 5.41) is 3.23. The molecular formula is C13H20N4O. The van der Waals surface area contributed by atoms with Crippen LogP contribution >= 0.6 is 0 Å². The highest BCUT2D eigenvalue weighted by molar-refractivity contribution is 5.97. The topological polar surface area (TPSA) is 94.0 Å². The average Bonchev–Trinajstić information content (AvgIpc) is 2.84. The fraction of sp³-hybridized carbons (Fsp3) is 0.538. The summed E-state index contributed by atoms with van der Waals surface area (Å²) in [6.07, 6.45) is 5.28. The van der Waals surface area contributed by atoms with Gasteiger partial charge in [-0.3, -0.25) is 4.79 Å². The maximum absolute atomic E-state index is 11.3. The van der Waals surface area contributed by atoms with Gasteiger partial charge in [-0.1, -0.05) is 6.42 Å². The summed E-state index contributed by atoms with van der Waals surface area (Å²) in [6, 6.07) is 3.40. The lowest BCUT2D eigenvalue weighted by molar-refractivity contribution is 0.100. The molecule has 0 saturated heterocycles. The number of carbonyl (C=O) groups excluding carboxylic acids is 1. The summed E-state index contributed by atoms with van der Waals surface area (Å²) >= 11 is 0. The molecule has 1 saturated carbocycles. The molecular weight excluding hydrogens is 228 g/mol. The molecule has 1 heterocycles. The van der Waals surface area contributed by atoms with Crippen LogP contribution in [0, 0.1) is 11.8 Å². The normalized spacial score (nSPS) is 22.9. The van der Waals surface area contributed by atoms with Crippen LogP contribution in [0.25, 0.3) is 0 Å². The van der Waals surface area contributed by atoms with Gasteiger partial charge in [-0.25, -0.2) is 4.98 Å². The van der Waals surface area contributed by atoms with E-state index in [1.165, 1.54) is 19.3 Å². The van der Waals surface area contributed by atoms with Gasteiger partial charge in [0.05, 0.1) is 5.56 Å². The molecule has 1 aromatic rings. The molecule has 2 atom stereocenters. The molecule has 1 aliphatic rings. The number of nitrogens with one attached hydrogen (secondary N) is 1. The van der Waals surface area contributed by atoms with Crippen molar-refractivity contribution < 1.29 is 4.79 Å².